The first-order chi connectivity index (χ1) is 9.59. The van der Waals surface area contributed by atoms with Gasteiger partial charge in [0.1, 0.15) is 4.88 Å². The average Bonchev–Trinajstić information content (AvgIpc) is 3.02. The number of hydrogen-bond acceptors (Lipinski definition) is 4. The van der Waals surface area contributed by atoms with Crippen LogP contribution < -0.4 is 5.32 Å². The normalized spacial score (nSPS) is 22.3. The minimum absolute atomic E-state index is 0.207. The minimum Gasteiger partial charge on any atom is -0.387 e. The van der Waals surface area contributed by atoms with Gasteiger partial charge in [0.15, 0.2) is 0 Å². The van der Waals surface area contributed by atoms with Gasteiger partial charge in [-0.2, -0.15) is 11.8 Å². The first-order valence-corrected chi connectivity index (χ1v) is 8.69. The number of aliphatic hydroxyl groups is 1. The van der Waals surface area contributed by atoms with E-state index in [9.17, 15) is 9.90 Å². The number of thioether (sulfide) groups is 1. The summed E-state index contributed by atoms with van der Waals surface area (Å²) in [5.41, 5.74) is -0.774. The average molecular weight is 328 g/mol. The fourth-order valence-corrected chi connectivity index (χ4v) is 4.95. The summed E-state index contributed by atoms with van der Waals surface area (Å²) >= 11 is 9.36. The van der Waals surface area contributed by atoms with Crippen LogP contribution in [0.5, 0.6) is 0 Å². The summed E-state index contributed by atoms with van der Waals surface area (Å²) in [4.78, 5) is 12.7. The Bertz CT molecular complexity index is 650. The number of nitrogens with one attached hydrogen (secondary N) is 1. The molecule has 1 aromatic carbocycles. The van der Waals surface area contributed by atoms with Crippen LogP contribution in [0.4, 0.5) is 0 Å². The molecule has 2 heterocycles. The first kappa shape index (κ1) is 14.2. The topological polar surface area (TPSA) is 49.3 Å². The van der Waals surface area contributed by atoms with Gasteiger partial charge in [-0.25, -0.2) is 0 Å². The number of halogens is 1. The van der Waals surface area contributed by atoms with Gasteiger partial charge < -0.3 is 10.4 Å². The molecule has 6 heteroatoms. The van der Waals surface area contributed by atoms with Gasteiger partial charge >= 0.3 is 0 Å². The second-order valence-corrected chi connectivity index (χ2v) is 7.49. The zero-order valence-corrected chi connectivity index (χ0v) is 13.1. The van der Waals surface area contributed by atoms with Crippen molar-refractivity contribution in [1.29, 1.82) is 0 Å². The van der Waals surface area contributed by atoms with Crippen LogP contribution in [-0.2, 0) is 0 Å². The van der Waals surface area contributed by atoms with Crippen LogP contribution in [0, 0.1) is 0 Å². The summed E-state index contributed by atoms with van der Waals surface area (Å²) in [6.07, 6.45) is 0.720. The zero-order chi connectivity index (χ0) is 14.2. The Hall–Kier alpha value is -0.750. The Morgan fingerprint density at radius 2 is 2.25 bits per heavy atom. The van der Waals surface area contributed by atoms with Crippen molar-refractivity contribution in [2.75, 3.05) is 18.1 Å². The van der Waals surface area contributed by atoms with Crippen LogP contribution in [0.25, 0.3) is 10.1 Å². The fourth-order valence-electron chi connectivity index (χ4n) is 2.22. The van der Waals surface area contributed by atoms with E-state index in [-0.39, 0.29) is 12.5 Å². The van der Waals surface area contributed by atoms with E-state index in [0.29, 0.717) is 15.7 Å². The number of thiophene rings is 1. The maximum absolute atomic E-state index is 12.2. The third-order valence-electron chi connectivity index (χ3n) is 3.40. The molecule has 1 unspecified atom stereocenters. The van der Waals surface area contributed by atoms with E-state index < -0.39 is 5.60 Å². The highest BCUT2D eigenvalue weighted by molar-refractivity contribution is 7.99. The predicted octanol–water partition coefficient (Wildman–Crippen LogP) is 3.15. The molecule has 1 aliphatic rings. The lowest BCUT2D eigenvalue weighted by atomic mass is 10.0. The van der Waals surface area contributed by atoms with Crippen LogP contribution in [0.1, 0.15) is 16.1 Å². The molecule has 0 spiro atoms. The van der Waals surface area contributed by atoms with Crippen LogP contribution in [0.2, 0.25) is 5.02 Å². The molecule has 1 aromatic heterocycles. The number of amides is 1. The molecule has 1 fully saturated rings. The summed E-state index contributed by atoms with van der Waals surface area (Å²) in [6, 6.07) is 7.69. The van der Waals surface area contributed by atoms with Crippen molar-refractivity contribution in [2.45, 2.75) is 12.0 Å². The molecule has 0 radical (unpaired) electrons. The van der Waals surface area contributed by atoms with Gasteiger partial charge in [0.25, 0.3) is 5.91 Å². The molecule has 0 aliphatic carbocycles. The highest BCUT2D eigenvalue weighted by atomic mass is 35.5. The number of fused-ring (bicyclic) bond motifs is 1. The molecule has 106 valence electrons. The highest BCUT2D eigenvalue weighted by Crippen LogP contribution is 2.35. The largest absolute Gasteiger partial charge is 0.387 e. The van der Waals surface area contributed by atoms with Crippen molar-refractivity contribution >= 4 is 50.7 Å². The lowest BCUT2D eigenvalue weighted by Gasteiger charge is -2.21. The van der Waals surface area contributed by atoms with E-state index in [2.05, 4.69) is 5.32 Å². The molecule has 20 heavy (non-hydrogen) atoms. The van der Waals surface area contributed by atoms with Crippen LogP contribution >= 0.6 is 34.7 Å². The molecule has 1 aliphatic heterocycles. The number of benzene rings is 1. The van der Waals surface area contributed by atoms with Gasteiger partial charge in [0, 0.05) is 22.4 Å². The van der Waals surface area contributed by atoms with E-state index in [1.54, 1.807) is 11.8 Å². The Morgan fingerprint density at radius 1 is 1.45 bits per heavy atom. The molecule has 3 nitrogen and oxygen atoms in total. The number of carbonyl (C=O) groups is 1. The lowest BCUT2D eigenvalue weighted by Crippen LogP contribution is -2.42. The summed E-state index contributed by atoms with van der Waals surface area (Å²) in [5.74, 6) is 1.41. The van der Waals surface area contributed by atoms with E-state index in [1.807, 2.05) is 24.3 Å². The molecule has 1 amide bonds. The molecule has 0 bridgehead atoms. The molecular weight excluding hydrogens is 314 g/mol. The van der Waals surface area contributed by atoms with Gasteiger partial charge in [-0.05, 0) is 18.2 Å². The minimum atomic E-state index is -0.774. The van der Waals surface area contributed by atoms with Gasteiger partial charge in [-0.15, -0.1) is 11.3 Å². The van der Waals surface area contributed by atoms with Crippen molar-refractivity contribution in [3.63, 3.8) is 0 Å². The summed E-state index contributed by atoms with van der Waals surface area (Å²) in [5, 5.41) is 14.4. The van der Waals surface area contributed by atoms with Gasteiger partial charge in [0.2, 0.25) is 0 Å². The van der Waals surface area contributed by atoms with Crippen LogP contribution in [0.3, 0.4) is 0 Å². The van der Waals surface area contributed by atoms with E-state index in [0.717, 1.165) is 22.3 Å². The lowest BCUT2D eigenvalue weighted by molar-refractivity contribution is 0.0614. The molecule has 2 N–H and O–H groups in total. The van der Waals surface area contributed by atoms with Crippen molar-refractivity contribution in [3.05, 3.63) is 34.2 Å². The molecule has 2 aromatic rings. The number of rotatable bonds is 3. The van der Waals surface area contributed by atoms with Gasteiger partial charge in [0.05, 0.1) is 10.6 Å². The third-order valence-corrected chi connectivity index (χ3v) is 6.31. The Kier molecular flexibility index (Phi) is 3.95. The van der Waals surface area contributed by atoms with E-state index in [1.165, 1.54) is 11.3 Å². The quantitative estimate of drug-likeness (QED) is 0.910. The third kappa shape index (κ3) is 2.68. The van der Waals surface area contributed by atoms with Crippen LogP contribution in [-0.4, -0.2) is 34.7 Å². The fraction of sp³-hybridized carbons (Fsp3) is 0.357. The Labute approximate surface area is 130 Å². The summed E-state index contributed by atoms with van der Waals surface area (Å²) in [6.45, 7) is 0.281. The second-order valence-electron chi connectivity index (χ2n) is 4.95. The van der Waals surface area contributed by atoms with Gasteiger partial charge in [-0.3, -0.25) is 4.79 Å². The van der Waals surface area contributed by atoms with Crippen molar-refractivity contribution in [2.24, 2.45) is 0 Å². The summed E-state index contributed by atoms with van der Waals surface area (Å²) < 4.78 is 0.998. The first-order valence-electron chi connectivity index (χ1n) is 6.34. The van der Waals surface area contributed by atoms with E-state index in [4.69, 9.17) is 11.6 Å². The van der Waals surface area contributed by atoms with E-state index >= 15 is 0 Å². The van der Waals surface area contributed by atoms with Crippen molar-refractivity contribution in [1.82, 2.24) is 5.32 Å². The summed E-state index contributed by atoms with van der Waals surface area (Å²) in [7, 11) is 0. The van der Waals surface area contributed by atoms with Crippen molar-refractivity contribution in [3.8, 4) is 0 Å². The highest BCUT2D eigenvalue weighted by Gasteiger charge is 2.32. The SMILES string of the molecule is O=C(NCC1(O)CCSC1)c1sc2ccccc2c1Cl. The Balaban J connectivity index is 1.77. The smallest absolute Gasteiger partial charge is 0.263 e. The standard InChI is InChI=1S/C14H14ClNO2S2/c15-11-9-3-1-2-4-10(9)20-12(11)13(17)16-7-14(18)5-6-19-8-14/h1-4,18H,5-8H2,(H,16,17). The Morgan fingerprint density at radius 3 is 2.95 bits per heavy atom. The zero-order valence-electron chi connectivity index (χ0n) is 10.7. The van der Waals surface area contributed by atoms with Crippen LogP contribution in [0.15, 0.2) is 24.3 Å². The monoisotopic (exact) mass is 327 g/mol. The molecule has 1 atom stereocenters. The molecule has 1 saturated heterocycles. The van der Waals surface area contributed by atoms with Gasteiger partial charge in [-0.1, -0.05) is 29.8 Å². The maximum atomic E-state index is 12.2. The number of hydrogen-bond donors (Lipinski definition) is 2. The molecule has 3 rings (SSSR count). The number of carbonyl (C=O) groups excluding carboxylic acids is 1. The maximum Gasteiger partial charge on any atom is 0.263 e. The second kappa shape index (κ2) is 5.56. The molecular formula is C14H14ClNO2S2. The molecule has 0 saturated carbocycles. The van der Waals surface area contributed by atoms with Crippen molar-refractivity contribution < 1.29 is 9.90 Å². The predicted molar refractivity (Wildman–Crippen MR) is 86.1 cm³/mol.